The van der Waals surface area contributed by atoms with E-state index in [2.05, 4.69) is 50.3 Å². The number of allylic oxidation sites excluding steroid dienone is 6. The van der Waals surface area contributed by atoms with Gasteiger partial charge in [0.15, 0.2) is 6.10 Å². The number of esters is 2. The molecule has 0 aromatic rings. The van der Waals surface area contributed by atoms with Crippen molar-refractivity contribution in [2.45, 2.75) is 232 Å². The Bertz CT molecular complexity index is 1080. The average Bonchev–Trinajstić information content (AvgIpc) is 3.22. The summed E-state index contributed by atoms with van der Waals surface area (Å²) in [6.07, 6.45) is 46.7. The van der Waals surface area contributed by atoms with Crippen LogP contribution < -0.4 is 0 Å². The lowest BCUT2D eigenvalue weighted by atomic mass is 10.1. The molecule has 0 aromatic heterocycles. The number of ether oxygens (including phenoxy) is 2. The van der Waals surface area contributed by atoms with Crippen LogP contribution in [0.15, 0.2) is 36.5 Å². The average molecular weight is 857 g/mol. The minimum absolute atomic E-state index is 0.179. The molecule has 0 rings (SSSR count). The molecule has 0 amide bonds. The monoisotopic (exact) mass is 857 g/mol. The van der Waals surface area contributed by atoms with Gasteiger partial charge in [-0.05, 0) is 70.6 Å². The fraction of sp³-hybridized carbons (Fsp3) is 0.833. The van der Waals surface area contributed by atoms with E-state index in [1.54, 1.807) is 0 Å². The number of aliphatic hydroxyl groups excluding tert-OH is 2. The first kappa shape index (κ1) is 57.2. The van der Waals surface area contributed by atoms with Crippen LogP contribution in [-0.2, 0) is 32.7 Å². The van der Waals surface area contributed by atoms with E-state index in [1.807, 2.05) is 0 Å². The maximum absolute atomic E-state index is 12.6. The van der Waals surface area contributed by atoms with Crippen LogP contribution in [0.4, 0.5) is 0 Å². The van der Waals surface area contributed by atoms with E-state index in [0.29, 0.717) is 12.8 Å². The van der Waals surface area contributed by atoms with Gasteiger partial charge in [0, 0.05) is 12.8 Å². The van der Waals surface area contributed by atoms with E-state index in [9.17, 15) is 24.2 Å². The van der Waals surface area contributed by atoms with Crippen LogP contribution in [0.5, 0.6) is 0 Å². The summed E-state index contributed by atoms with van der Waals surface area (Å²) < 4.78 is 32.8. The zero-order chi connectivity index (χ0) is 43.3. The van der Waals surface area contributed by atoms with Gasteiger partial charge >= 0.3 is 19.8 Å². The third-order valence-corrected chi connectivity index (χ3v) is 11.2. The number of rotatable bonds is 45. The Morgan fingerprint density at radius 3 is 1.36 bits per heavy atom. The number of phosphoric acid groups is 1. The summed E-state index contributed by atoms with van der Waals surface area (Å²) in [5.74, 6) is -0.929. The number of carbonyl (C=O) groups is 2. The molecule has 0 heterocycles. The second-order valence-electron chi connectivity index (χ2n) is 16.1. The molecule has 59 heavy (non-hydrogen) atoms. The van der Waals surface area contributed by atoms with E-state index in [0.717, 1.165) is 57.8 Å². The number of carbonyl (C=O) groups excluding carboxylic acids is 2. The number of aliphatic hydroxyl groups is 2. The number of unbranched alkanes of at least 4 members (excludes halogenated alkanes) is 25. The molecule has 0 saturated heterocycles. The third-order valence-electron chi connectivity index (χ3n) is 10.3. The molecule has 0 aliphatic rings. The van der Waals surface area contributed by atoms with Gasteiger partial charge in [0.05, 0.1) is 19.8 Å². The highest BCUT2D eigenvalue weighted by Crippen LogP contribution is 2.43. The van der Waals surface area contributed by atoms with Gasteiger partial charge in [-0.25, -0.2) is 4.57 Å². The van der Waals surface area contributed by atoms with Crippen molar-refractivity contribution in [1.29, 1.82) is 0 Å². The lowest BCUT2D eigenvalue weighted by molar-refractivity contribution is -0.161. The normalized spacial score (nSPS) is 14.1. The van der Waals surface area contributed by atoms with Crippen molar-refractivity contribution < 1.29 is 47.8 Å². The van der Waals surface area contributed by atoms with Crippen molar-refractivity contribution in [2.75, 3.05) is 26.4 Å². The minimum Gasteiger partial charge on any atom is -0.462 e. The van der Waals surface area contributed by atoms with Gasteiger partial charge in [-0.15, -0.1) is 0 Å². The molecule has 0 aliphatic heterocycles. The van der Waals surface area contributed by atoms with Crippen molar-refractivity contribution in [3.05, 3.63) is 36.5 Å². The molecule has 0 radical (unpaired) electrons. The summed E-state index contributed by atoms with van der Waals surface area (Å²) in [5.41, 5.74) is 0. The zero-order valence-corrected chi connectivity index (χ0v) is 38.6. The predicted molar refractivity (Wildman–Crippen MR) is 242 cm³/mol. The number of hydrogen-bond donors (Lipinski definition) is 3. The largest absolute Gasteiger partial charge is 0.472 e. The highest BCUT2D eigenvalue weighted by Gasteiger charge is 2.27. The molecule has 0 fully saturated rings. The van der Waals surface area contributed by atoms with Crippen LogP contribution in [0, 0.1) is 0 Å². The number of phosphoric ester groups is 1. The Hall–Kier alpha value is -1.81. The Kier molecular flexibility index (Phi) is 42.9. The highest BCUT2D eigenvalue weighted by molar-refractivity contribution is 7.47. The van der Waals surface area contributed by atoms with Gasteiger partial charge in [-0.1, -0.05) is 172 Å². The van der Waals surface area contributed by atoms with Gasteiger partial charge < -0.3 is 24.6 Å². The quantitative estimate of drug-likeness (QED) is 0.0234. The predicted octanol–water partition coefficient (Wildman–Crippen LogP) is 13.1. The molecule has 0 saturated carbocycles. The van der Waals surface area contributed by atoms with Crippen LogP contribution in [0.1, 0.15) is 219 Å². The first-order valence-corrected chi connectivity index (χ1v) is 25.4. The molecular formula is C48H89O10P. The van der Waals surface area contributed by atoms with Gasteiger partial charge in [0.1, 0.15) is 12.7 Å². The summed E-state index contributed by atoms with van der Waals surface area (Å²) in [4.78, 5) is 35.1. The van der Waals surface area contributed by atoms with E-state index in [1.165, 1.54) is 122 Å². The van der Waals surface area contributed by atoms with E-state index < -0.39 is 51.8 Å². The molecule has 3 N–H and O–H groups in total. The van der Waals surface area contributed by atoms with Crippen LogP contribution in [0.3, 0.4) is 0 Å². The highest BCUT2D eigenvalue weighted by atomic mass is 31.2. The Morgan fingerprint density at radius 1 is 0.508 bits per heavy atom. The smallest absolute Gasteiger partial charge is 0.462 e. The summed E-state index contributed by atoms with van der Waals surface area (Å²) in [7, 11) is -4.62. The molecular weight excluding hydrogens is 767 g/mol. The van der Waals surface area contributed by atoms with Crippen molar-refractivity contribution in [3.8, 4) is 0 Å². The fourth-order valence-corrected chi connectivity index (χ4v) is 7.34. The summed E-state index contributed by atoms with van der Waals surface area (Å²) in [6, 6.07) is 0. The first-order chi connectivity index (χ1) is 28.7. The summed E-state index contributed by atoms with van der Waals surface area (Å²) >= 11 is 0. The Labute approximate surface area is 361 Å². The van der Waals surface area contributed by atoms with Crippen LogP contribution in [0.25, 0.3) is 0 Å². The molecule has 0 bridgehead atoms. The van der Waals surface area contributed by atoms with E-state index >= 15 is 0 Å². The maximum Gasteiger partial charge on any atom is 0.472 e. The van der Waals surface area contributed by atoms with Crippen molar-refractivity contribution in [3.63, 3.8) is 0 Å². The van der Waals surface area contributed by atoms with Crippen molar-refractivity contribution in [2.24, 2.45) is 0 Å². The van der Waals surface area contributed by atoms with Gasteiger partial charge in [0.2, 0.25) is 0 Å². The fourth-order valence-electron chi connectivity index (χ4n) is 6.55. The zero-order valence-electron chi connectivity index (χ0n) is 37.7. The molecule has 0 spiro atoms. The molecule has 10 nitrogen and oxygen atoms in total. The van der Waals surface area contributed by atoms with Crippen molar-refractivity contribution >= 4 is 19.8 Å². The lowest BCUT2D eigenvalue weighted by Gasteiger charge is -2.20. The van der Waals surface area contributed by atoms with E-state index in [4.69, 9.17) is 23.6 Å². The molecule has 346 valence electrons. The molecule has 1 unspecified atom stereocenters. The third kappa shape index (κ3) is 44.1. The first-order valence-electron chi connectivity index (χ1n) is 23.9. The van der Waals surface area contributed by atoms with Gasteiger partial charge in [-0.3, -0.25) is 18.6 Å². The standard InChI is InChI=1S/C48H89O10P/c1-3-5-7-9-11-13-15-17-19-21-22-24-25-27-29-31-33-35-37-39-47(51)55-43-46(44-57-59(53,54)56-42-45(50)41-49)58-48(52)40-38-36-34-32-30-28-26-23-20-18-16-14-12-10-8-6-4-2/h11,13,17-20,45-46,49-50H,3-10,12,14-16,21-44H2,1-2H3,(H,53,54)/b13-11-,19-17-,20-18-/t45-,46+/m0/s1. The topological polar surface area (TPSA) is 149 Å². The summed E-state index contributed by atoms with van der Waals surface area (Å²) in [5, 5.41) is 18.4. The molecule has 3 atom stereocenters. The second-order valence-corrected chi connectivity index (χ2v) is 17.6. The van der Waals surface area contributed by atoms with Gasteiger partial charge in [0.25, 0.3) is 0 Å². The summed E-state index contributed by atoms with van der Waals surface area (Å²) in [6.45, 7) is 2.37. The maximum atomic E-state index is 12.6. The minimum atomic E-state index is -4.62. The van der Waals surface area contributed by atoms with Crippen LogP contribution in [-0.4, -0.2) is 65.7 Å². The molecule has 0 aromatic carbocycles. The Balaban J connectivity index is 4.23. The molecule has 0 aliphatic carbocycles. The van der Waals surface area contributed by atoms with Gasteiger partial charge in [-0.2, -0.15) is 0 Å². The lowest BCUT2D eigenvalue weighted by Crippen LogP contribution is -2.29. The van der Waals surface area contributed by atoms with Crippen LogP contribution in [0.2, 0.25) is 0 Å². The SMILES string of the molecule is CCCCC/C=C\C/C=C\CCCCCCCCCCCC(=O)OC[C@H](COP(=O)(O)OC[C@@H](O)CO)OC(=O)CCCCCCCCC/C=C\CCCCCCCC. The van der Waals surface area contributed by atoms with Crippen molar-refractivity contribution in [1.82, 2.24) is 0 Å². The van der Waals surface area contributed by atoms with E-state index in [-0.39, 0.29) is 19.4 Å². The second kappa shape index (κ2) is 44.3. The molecule has 11 heteroatoms. The van der Waals surface area contributed by atoms with Crippen LogP contribution >= 0.6 is 7.82 Å². The number of hydrogen-bond acceptors (Lipinski definition) is 9. The Morgan fingerprint density at radius 2 is 0.881 bits per heavy atom.